The first-order valence-corrected chi connectivity index (χ1v) is 7.07. The first-order chi connectivity index (χ1) is 11.0. The number of hydrogen-bond acceptors (Lipinski definition) is 6. The highest BCUT2D eigenvalue weighted by Gasteiger charge is 2.17. The number of rotatable bonds is 8. The summed E-state index contributed by atoms with van der Waals surface area (Å²) in [5.41, 5.74) is 0.461. The predicted octanol–water partition coefficient (Wildman–Crippen LogP) is 1.26. The predicted molar refractivity (Wildman–Crippen MR) is 80.5 cm³/mol. The van der Waals surface area contributed by atoms with Crippen molar-refractivity contribution in [3.8, 4) is 0 Å². The van der Waals surface area contributed by atoms with Gasteiger partial charge < -0.3 is 10.1 Å². The molecule has 0 saturated carbocycles. The van der Waals surface area contributed by atoms with Gasteiger partial charge in [0.05, 0.1) is 35.5 Å². The Morgan fingerprint density at radius 2 is 2.13 bits per heavy atom. The van der Waals surface area contributed by atoms with Crippen LogP contribution in [0.3, 0.4) is 0 Å². The van der Waals surface area contributed by atoms with Crippen LogP contribution in [0.25, 0.3) is 0 Å². The third kappa shape index (κ3) is 4.61. The summed E-state index contributed by atoms with van der Waals surface area (Å²) in [7, 11) is 0. The molecule has 2 aromatic heterocycles. The Hall–Kier alpha value is -2.75. The number of carbonyl (C=O) groups is 1. The zero-order valence-corrected chi connectivity index (χ0v) is 12.9. The van der Waals surface area contributed by atoms with E-state index in [1.807, 2.05) is 6.92 Å². The number of hydrogen-bond donors (Lipinski definition) is 1. The zero-order valence-electron chi connectivity index (χ0n) is 12.9. The van der Waals surface area contributed by atoms with E-state index in [1.165, 1.54) is 17.1 Å². The first kappa shape index (κ1) is 16.6. The van der Waals surface area contributed by atoms with Crippen LogP contribution < -0.4 is 5.32 Å². The highest BCUT2D eigenvalue weighted by Crippen LogP contribution is 2.12. The lowest BCUT2D eigenvalue weighted by atomic mass is 10.1. The second kappa shape index (κ2) is 7.49. The molecule has 0 bridgehead atoms. The Kier molecular flexibility index (Phi) is 5.41. The fourth-order valence-corrected chi connectivity index (χ4v) is 1.86. The van der Waals surface area contributed by atoms with Crippen molar-refractivity contribution in [2.24, 2.45) is 5.92 Å². The van der Waals surface area contributed by atoms with Crippen LogP contribution in [0.1, 0.15) is 13.8 Å². The third-order valence-corrected chi connectivity index (χ3v) is 3.07. The highest BCUT2D eigenvalue weighted by atomic mass is 16.6. The van der Waals surface area contributed by atoms with Crippen LogP contribution >= 0.6 is 0 Å². The van der Waals surface area contributed by atoms with E-state index >= 15 is 0 Å². The quantitative estimate of drug-likeness (QED) is 0.577. The third-order valence-electron chi connectivity index (χ3n) is 3.07. The molecule has 10 heteroatoms. The first-order valence-electron chi connectivity index (χ1n) is 7.07. The average Bonchev–Trinajstić information content (AvgIpc) is 3.14. The maximum Gasteiger partial charge on any atom is 0.306 e. The minimum absolute atomic E-state index is 0.102. The van der Waals surface area contributed by atoms with Crippen molar-refractivity contribution in [3.05, 3.63) is 34.9 Å². The van der Waals surface area contributed by atoms with E-state index in [4.69, 9.17) is 4.74 Å². The largest absolute Gasteiger partial charge is 0.360 e. The Morgan fingerprint density at radius 3 is 2.78 bits per heavy atom. The van der Waals surface area contributed by atoms with Crippen molar-refractivity contribution in [2.75, 3.05) is 11.9 Å². The van der Waals surface area contributed by atoms with Gasteiger partial charge in [-0.25, -0.2) is 4.68 Å². The molecule has 0 spiro atoms. The highest BCUT2D eigenvalue weighted by molar-refractivity contribution is 5.91. The van der Waals surface area contributed by atoms with E-state index in [0.29, 0.717) is 19.0 Å². The van der Waals surface area contributed by atoms with E-state index in [9.17, 15) is 14.9 Å². The number of carbonyl (C=O) groups excluding carboxylic acids is 1. The summed E-state index contributed by atoms with van der Waals surface area (Å²) in [5, 5.41) is 21.3. The number of ether oxygens (including phenoxy) is 1. The Morgan fingerprint density at radius 1 is 1.39 bits per heavy atom. The molecule has 2 heterocycles. The number of nitro groups is 1. The molecular weight excluding hydrogens is 304 g/mol. The topological polar surface area (TPSA) is 117 Å². The number of anilines is 1. The molecule has 1 atom stereocenters. The van der Waals surface area contributed by atoms with Crippen LogP contribution in [0.4, 0.5) is 11.4 Å². The normalized spacial score (nSPS) is 12.1. The molecule has 124 valence electrons. The van der Waals surface area contributed by atoms with Crippen LogP contribution in [-0.4, -0.2) is 37.0 Å². The van der Waals surface area contributed by atoms with E-state index in [1.54, 1.807) is 17.8 Å². The summed E-state index contributed by atoms with van der Waals surface area (Å²) < 4.78 is 8.15. The van der Waals surface area contributed by atoms with Gasteiger partial charge >= 0.3 is 5.69 Å². The SMILES string of the molecule is CCOCn1cc(NC(=O)C(C)Cn2cc([N+](=O)[O-])cn2)cn1. The van der Waals surface area contributed by atoms with Crippen molar-refractivity contribution in [1.82, 2.24) is 19.6 Å². The van der Waals surface area contributed by atoms with E-state index in [-0.39, 0.29) is 18.1 Å². The molecule has 2 rings (SSSR count). The van der Waals surface area contributed by atoms with Crippen LogP contribution in [0.2, 0.25) is 0 Å². The van der Waals surface area contributed by atoms with Crippen molar-refractivity contribution in [2.45, 2.75) is 27.1 Å². The fraction of sp³-hybridized carbons (Fsp3) is 0.462. The summed E-state index contributed by atoms with van der Waals surface area (Å²) in [4.78, 5) is 22.2. The molecule has 0 saturated heterocycles. The van der Waals surface area contributed by atoms with Crippen molar-refractivity contribution < 1.29 is 14.5 Å². The number of aromatic nitrogens is 4. The van der Waals surface area contributed by atoms with Gasteiger partial charge in [-0.05, 0) is 6.92 Å². The van der Waals surface area contributed by atoms with E-state index < -0.39 is 10.8 Å². The zero-order chi connectivity index (χ0) is 16.8. The summed E-state index contributed by atoms with van der Waals surface area (Å²) in [6, 6.07) is 0. The van der Waals surface area contributed by atoms with Crippen molar-refractivity contribution in [3.63, 3.8) is 0 Å². The molecule has 0 radical (unpaired) electrons. The van der Waals surface area contributed by atoms with Gasteiger partial charge in [-0.15, -0.1) is 0 Å². The average molecular weight is 322 g/mol. The molecule has 1 amide bonds. The van der Waals surface area contributed by atoms with Gasteiger partial charge in [-0.1, -0.05) is 6.92 Å². The summed E-state index contributed by atoms with van der Waals surface area (Å²) >= 11 is 0. The molecule has 1 unspecified atom stereocenters. The lowest BCUT2D eigenvalue weighted by Crippen LogP contribution is -2.24. The smallest absolute Gasteiger partial charge is 0.306 e. The molecule has 0 aliphatic carbocycles. The van der Waals surface area contributed by atoms with E-state index in [0.717, 1.165) is 6.20 Å². The summed E-state index contributed by atoms with van der Waals surface area (Å²) in [6.45, 7) is 4.74. The minimum atomic E-state index is -0.527. The van der Waals surface area contributed by atoms with Crippen LogP contribution in [0.5, 0.6) is 0 Å². The molecule has 0 aliphatic rings. The number of nitrogens with zero attached hydrogens (tertiary/aromatic N) is 5. The molecule has 2 aromatic rings. The fourth-order valence-electron chi connectivity index (χ4n) is 1.86. The van der Waals surface area contributed by atoms with Gasteiger partial charge in [0, 0.05) is 6.61 Å². The van der Waals surface area contributed by atoms with Crippen molar-refractivity contribution >= 4 is 17.3 Å². The second-order valence-electron chi connectivity index (χ2n) is 4.96. The molecule has 0 aromatic carbocycles. The van der Waals surface area contributed by atoms with Crippen LogP contribution in [0.15, 0.2) is 24.8 Å². The van der Waals surface area contributed by atoms with Crippen LogP contribution in [0, 0.1) is 16.0 Å². The maximum absolute atomic E-state index is 12.1. The van der Waals surface area contributed by atoms with Gasteiger partial charge in [0.25, 0.3) is 0 Å². The lowest BCUT2D eigenvalue weighted by Gasteiger charge is -2.10. The maximum atomic E-state index is 12.1. The van der Waals surface area contributed by atoms with Gasteiger partial charge in [0.2, 0.25) is 5.91 Å². The minimum Gasteiger partial charge on any atom is -0.360 e. The van der Waals surface area contributed by atoms with Gasteiger partial charge in [0.1, 0.15) is 19.1 Å². The monoisotopic (exact) mass is 322 g/mol. The molecule has 0 aliphatic heterocycles. The summed E-state index contributed by atoms with van der Waals surface area (Å²) in [6.07, 6.45) is 5.65. The Bertz CT molecular complexity index is 680. The molecule has 1 N–H and O–H groups in total. The molecular formula is C13H18N6O4. The van der Waals surface area contributed by atoms with Gasteiger partial charge in [-0.2, -0.15) is 10.2 Å². The summed E-state index contributed by atoms with van der Waals surface area (Å²) in [5.74, 6) is -0.635. The Labute approximate surface area is 132 Å². The van der Waals surface area contributed by atoms with Crippen molar-refractivity contribution in [1.29, 1.82) is 0 Å². The Balaban J connectivity index is 1.88. The number of amides is 1. The lowest BCUT2D eigenvalue weighted by molar-refractivity contribution is -0.385. The molecule has 0 fully saturated rings. The molecule has 10 nitrogen and oxygen atoms in total. The van der Waals surface area contributed by atoms with Gasteiger partial charge in [-0.3, -0.25) is 19.6 Å². The molecule has 23 heavy (non-hydrogen) atoms. The number of nitrogens with one attached hydrogen (secondary N) is 1. The standard InChI is InChI=1S/C13H18N6O4/c1-3-23-9-18-7-11(4-14-18)16-13(20)10(2)6-17-8-12(5-15-17)19(21)22/h4-5,7-8,10H,3,6,9H2,1-2H3,(H,16,20). The second-order valence-corrected chi connectivity index (χ2v) is 4.96. The van der Waals surface area contributed by atoms with Crippen LogP contribution in [-0.2, 0) is 22.8 Å². The van der Waals surface area contributed by atoms with Gasteiger partial charge in [0.15, 0.2) is 0 Å². The van der Waals surface area contributed by atoms with E-state index in [2.05, 4.69) is 15.5 Å².